The highest BCUT2D eigenvalue weighted by atomic mass is 19.4. The standard InChI is InChI=1S/C9H9F7O2/c1-7(2-17-3-7)4-18-6(9(14,15)16)5(10)8(11,12)13/h2-4H2,1H3/b6-5+. The molecular weight excluding hydrogens is 273 g/mol. The Hall–Kier alpha value is -0.990. The fourth-order valence-corrected chi connectivity index (χ4v) is 1.18. The Morgan fingerprint density at radius 2 is 1.61 bits per heavy atom. The minimum Gasteiger partial charge on any atom is -0.486 e. The minimum absolute atomic E-state index is 0.0474. The highest BCUT2D eigenvalue weighted by Gasteiger charge is 2.49. The monoisotopic (exact) mass is 282 g/mol. The first-order valence-electron chi connectivity index (χ1n) is 4.70. The Bertz CT molecular complexity index is 338. The highest BCUT2D eigenvalue weighted by molar-refractivity contribution is 5.11. The van der Waals surface area contributed by atoms with Crippen LogP contribution in [0.25, 0.3) is 0 Å². The lowest BCUT2D eigenvalue weighted by Crippen LogP contribution is -2.44. The molecule has 2 nitrogen and oxygen atoms in total. The first kappa shape index (κ1) is 15.1. The van der Waals surface area contributed by atoms with Gasteiger partial charge in [0.1, 0.15) is 0 Å². The molecule has 0 aromatic carbocycles. The maximum absolute atomic E-state index is 12.6. The molecule has 0 saturated carbocycles. The van der Waals surface area contributed by atoms with Crippen LogP contribution >= 0.6 is 0 Å². The molecule has 106 valence electrons. The summed E-state index contributed by atoms with van der Waals surface area (Å²) in [5.74, 6) is -5.93. The van der Waals surface area contributed by atoms with Gasteiger partial charge in [-0.25, -0.2) is 0 Å². The normalized spacial score (nSPS) is 21.1. The molecule has 1 aliphatic rings. The van der Waals surface area contributed by atoms with Crippen molar-refractivity contribution in [3.05, 3.63) is 11.6 Å². The van der Waals surface area contributed by atoms with E-state index >= 15 is 0 Å². The Morgan fingerprint density at radius 3 is 1.89 bits per heavy atom. The quantitative estimate of drug-likeness (QED) is 0.584. The van der Waals surface area contributed by atoms with Gasteiger partial charge in [-0.3, -0.25) is 0 Å². The Labute approximate surface area is 97.3 Å². The number of hydrogen-bond acceptors (Lipinski definition) is 2. The predicted octanol–water partition coefficient (Wildman–Crippen LogP) is 3.35. The SMILES string of the molecule is CC1(CO/C(=C(/F)C(F)(F)F)C(F)(F)F)COC1. The molecule has 0 aromatic rings. The predicted molar refractivity (Wildman–Crippen MR) is 45.1 cm³/mol. The van der Waals surface area contributed by atoms with Gasteiger partial charge in [0.15, 0.2) is 0 Å². The zero-order valence-corrected chi connectivity index (χ0v) is 9.08. The molecule has 0 spiro atoms. The summed E-state index contributed by atoms with van der Waals surface area (Å²) in [6.07, 6.45) is -11.3. The van der Waals surface area contributed by atoms with Crippen LogP contribution in [0.5, 0.6) is 0 Å². The van der Waals surface area contributed by atoms with Gasteiger partial charge in [-0.05, 0) is 0 Å². The van der Waals surface area contributed by atoms with Crippen molar-refractivity contribution in [1.82, 2.24) is 0 Å². The van der Waals surface area contributed by atoms with Crippen LogP contribution in [0, 0.1) is 5.41 Å². The van der Waals surface area contributed by atoms with Crippen LogP contribution < -0.4 is 0 Å². The van der Waals surface area contributed by atoms with Crippen molar-refractivity contribution in [2.24, 2.45) is 5.41 Å². The maximum Gasteiger partial charge on any atom is 0.452 e. The maximum atomic E-state index is 12.6. The fraction of sp³-hybridized carbons (Fsp3) is 0.778. The topological polar surface area (TPSA) is 18.5 Å². The van der Waals surface area contributed by atoms with Crippen molar-refractivity contribution in [1.29, 1.82) is 0 Å². The van der Waals surface area contributed by atoms with Crippen molar-refractivity contribution >= 4 is 0 Å². The lowest BCUT2D eigenvalue weighted by Gasteiger charge is -2.37. The molecular formula is C9H9F7O2. The average molecular weight is 282 g/mol. The highest BCUT2D eigenvalue weighted by Crippen LogP contribution is 2.39. The second-order valence-corrected chi connectivity index (χ2v) is 4.23. The molecule has 0 radical (unpaired) electrons. The second kappa shape index (κ2) is 4.60. The Balaban J connectivity index is 2.87. The number of rotatable bonds is 3. The summed E-state index contributed by atoms with van der Waals surface area (Å²) in [5.41, 5.74) is -0.831. The van der Waals surface area contributed by atoms with Gasteiger partial charge in [0.05, 0.1) is 19.8 Å². The summed E-state index contributed by atoms with van der Waals surface area (Å²) < 4.78 is 93.8. The number of halogens is 7. The zero-order chi connectivity index (χ0) is 14.2. The van der Waals surface area contributed by atoms with Gasteiger partial charge in [0.2, 0.25) is 5.76 Å². The van der Waals surface area contributed by atoms with Crippen LogP contribution in [-0.4, -0.2) is 32.2 Å². The molecule has 1 aliphatic heterocycles. The van der Waals surface area contributed by atoms with Crippen LogP contribution in [0.4, 0.5) is 30.7 Å². The Kier molecular flexibility index (Phi) is 3.85. The molecule has 9 heteroatoms. The first-order chi connectivity index (χ1) is 7.96. The van der Waals surface area contributed by atoms with E-state index in [-0.39, 0.29) is 13.2 Å². The van der Waals surface area contributed by atoms with E-state index in [2.05, 4.69) is 4.74 Å². The van der Waals surface area contributed by atoms with Gasteiger partial charge in [-0.15, -0.1) is 0 Å². The second-order valence-electron chi connectivity index (χ2n) is 4.23. The lowest BCUT2D eigenvalue weighted by atomic mass is 9.90. The van der Waals surface area contributed by atoms with Crippen LogP contribution in [0.2, 0.25) is 0 Å². The third-order valence-electron chi connectivity index (χ3n) is 2.17. The average Bonchev–Trinajstić information content (AvgIpc) is 2.11. The van der Waals surface area contributed by atoms with E-state index in [4.69, 9.17) is 4.74 Å². The van der Waals surface area contributed by atoms with Crippen LogP contribution in [0.15, 0.2) is 11.6 Å². The largest absolute Gasteiger partial charge is 0.486 e. The summed E-state index contributed by atoms with van der Waals surface area (Å²) in [5, 5.41) is 0. The van der Waals surface area contributed by atoms with E-state index in [1.165, 1.54) is 6.92 Å². The van der Waals surface area contributed by atoms with E-state index in [0.717, 1.165) is 0 Å². The Morgan fingerprint density at radius 1 is 1.11 bits per heavy atom. The van der Waals surface area contributed by atoms with Crippen molar-refractivity contribution in [3.8, 4) is 0 Å². The van der Waals surface area contributed by atoms with Gasteiger partial charge < -0.3 is 9.47 Å². The van der Waals surface area contributed by atoms with Gasteiger partial charge in [0.25, 0.3) is 5.83 Å². The number of allylic oxidation sites excluding steroid dienone is 2. The van der Waals surface area contributed by atoms with Crippen molar-refractivity contribution in [3.63, 3.8) is 0 Å². The van der Waals surface area contributed by atoms with E-state index in [9.17, 15) is 30.7 Å². The van der Waals surface area contributed by atoms with Crippen molar-refractivity contribution in [2.45, 2.75) is 19.3 Å². The smallest absolute Gasteiger partial charge is 0.452 e. The molecule has 1 heterocycles. The zero-order valence-electron chi connectivity index (χ0n) is 9.08. The van der Waals surface area contributed by atoms with Crippen molar-refractivity contribution in [2.75, 3.05) is 19.8 Å². The number of alkyl halides is 6. The van der Waals surface area contributed by atoms with Gasteiger partial charge in [-0.1, -0.05) is 6.92 Å². The van der Waals surface area contributed by atoms with E-state index in [0.29, 0.717) is 0 Å². The summed E-state index contributed by atoms with van der Waals surface area (Å²) >= 11 is 0. The lowest BCUT2D eigenvalue weighted by molar-refractivity contribution is -0.178. The number of hydrogen-bond donors (Lipinski definition) is 0. The van der Waals surface area contributed by atoms with E-state index in [1.807, 2.05) is 0 Å². The molecule has 0 amide bonds. The molecule has 0 aliphatic carbocycles. The molecule has 1 saturated heterocycles. The molecule has 1 fully saturated rings. The summed E-state index contributed by atoms with van der Waals surface area (Å²) in [6, 6.07) is 0. The molecule has 0 aromatic heterocycles. The van der Waals surface area contributed by atoms with Gasteiger partial charge >= 0.3 is 12.4 Å². The van der Waals surface area contributed by atoms with Crippen LogP contribution in [0.3, 0.4) is 0 Å². The van der Waals surface area contributed by atoms with Gasteiger partial charge in [-0.2, -0.15) is 30.7 Å². The molecule has 18 heavy (non-hydrogen) atoms. The fourth-order valence-electron chi connectivity index (χ4n) is 1.18. The number of ether oxygens (including phenoxy) is 2. The third kappa shape index (κ3) is 3.50. The molecule has 0 N–H and O–H groups in total. The molecule has 0 unspecified atom stereocenters. The molecule has 0 bridgehead atoms. The van der Waals surface area contributed by atoms with Crippen molar-refractivity contribution < 1.29 is 40.2 Å². The first-order valence-corrected chi connectivity index (χ1v) is 4.70. The van der Waals surface area contributed by atoms with E-state index in [1.54, 1.807) is 0 Å². The molecule has 1 rings (SSSR count). The molecule has 0 atom stereocenters. The third-order valence-corrected chi connectivity index (χ3v) is 2.17. The van der Waals surface area contributed by atoms with Crippen LogP contribution in [-0.2, 0) is 9.47 Å². The summed E-state index contributed by atoms with van der Waals surface area (Å²) in [7, 11) is 0. The van der Waals surface area contributed by atoms with Crippen LogP contribution in [0.1, 0.15) is 6.92 Å². The van der Waals surface area contributed by atoms with E-state index < -0.39 is 36.0 Å². The minimum atomic E-state index is -5.73. The summed E-state index contributed by atoms with van der Waals surface area (Å²) in [6.45, 7) is 0.846. The van der Waals surface area contributed by atoms with Gasteiger partial charge in [0, 0.05) is 5.41 Å². The summed E-state index contributed by atoms with van der Waals surface area (Å²) in [4.78, 5) is 0.